The second kappa shape index (κ2) is 5.55. The molecular weight excluding hydrogens is 268 g/mol. The van der Waals surface area contributed by atoms with Crippen LogP contribution in [-0.2, 0) is 19.5 Å². The lowest BCUT2D eigenvalue weighted by Gasteiger charge is -2.29. The molecule has 0 saturated carbocycles. The van der Waals surface area contributed by atoms with Crippen molar-refractivity contribution >= 4 is 11.8 Å². The quantitative estimate of drug-likeness (QED) is 0.930. The number of aryl methyl sites for hydroxylation is 1. The number of nitrogens with zero attached hydrogens (tertiary/aromatic N) is 4. The Hall–Kier alpha value is -2.37. The van der Waals surface area contributed by atoms with Crippen LogP contribution in [0.5, 0.6) is 0 Å². The van der Waals surface area contributed by atoms with Gasteiger partial charge in [0.2, 0.25) is 0 Å². The summed E-state index contributed by atoms with van der Waals surface area (Å²) in [5.41, 5.74) is 1.14. The third-order valence-corrected chi connectivity index (χ3v) is 3.69. The minimum atomic E-state index is -0.908. The molecule has 0 spiro atoms. The highest BCUT2D eigenvalue weighted by Gasteiger charge is 2.19. The fourth-order valence-corrected chi connectivity index (χ4v) is 2.61. The molecular formula is C15H18N4O2. The minimum absolute atomic E-state index is 0.303. The van der Waals surface area contributed by atoms with E-state index in [2.05, 4.69) is 26.4 Å². The third kappa shape index (κ3) is 2.74. The molecule has 110 valence electrons. The molecule has 2 aromatic heterocycles. The number of carboxylic acid groups (broad SMARTS) is 1. The van der Waals surface area contributed by atoms with E-state index in [1.165, 1.54) is 0 Å². The standard InChI is InChI=1S/C15H18N4O2/c1-2-3-12-8-11(15(20)21)9-13(17-12)19-7-6-18-5-4-16-14(18)10-19/h4-5,8-9H,2-3,6-7,10H2,1H3,(H,20,21). The van der Waals surface area contributed by atoms with Crippen molar-refractivity contribution in [1.82, 2.24) is 14.5 Å². The summed E-state index contributed by atoms with van der Waals surface area (Å²) in [5, 5.41) is 9.26. The highest BCUT2D eigenvalue weighted by Crippen LogP contribution is 2.21. The van der Waals surface area contributed by atoms with Gasteiger partial charge in [-0.25, -0.2) is 14.8 Å². The van der Waals surface area contributed by atoms with Gasteiger partial charge in [0.1, 0.15) is 11.6 Å². The second-order valence-corrected chi connectivity index (χ2v) is 5.22. The highest BCUT2D eigenvalue weighted by atomic mass is 16.4. The van der Waals surface area contributed by atoms with Crippen LogP contribution in [0.15, 0.2) is 24.5 Å². The number of pyridine rings is 1. The average molecular weight is 286 g/mol. The molecule has 2 aromatic rings. The Kier molecular flexibility index (Phi) is 3.60. The van der Waals surface area contributed by atoms with Crippen LogP contribution in [0.2, 0.25) is 0 Å². The van der Waals surface area contributed by atoms with E-state index in [4.69, 9.17) is 0 Å². The number of aromatic nitrogens is 3. The number of aromatic carboxylic acids is 1. The van der Waals surface area contributed by atoms with Crippen molar-refractivity contribution in [2.45, 2.75) is 32.9 Å². The second-order valence-electron chi connectivity index (χ2n) is 5.22. The maximum atomic E-state index is 11.3. The molecule has 3 heterocycles. The molecule has 0 aromatic carbocycles. The SMILES string of the molecule is CCCc1cc(C(=O)O)cc(N2CCn3ccnc3C2)n1. The molecule has 1 aliphatic heterocycles. The Balaban J connectivity index is 1.92. The Labute approximate surface area is 123 Å². The molecule has 6 nitrogen and oxygen atoms in total. The number of anilines is 1. The molecule has 0 atom stereocenters. The summed E-state index contributed by atoms with van der Waals surface area (Å²) < 4.78 is 2.12. The van der Waals surface area contributed by atoms with Crippen LogP contribution < -0.4 is 4.90 Å². The van der Waals surface area contributed by atoms with Gasteiger partial charge in [-0.05, 0) is 18.6 Å². The summed E-state index contributed by atoms with van der Waals surface area (Å²) in [5.74, 6) is 0.808. The number of imidazole rings is 1. The molecule has 0 saturated heterocycles. The van der Waals surface area contributed by atoms with Crippen LogP contribution in [0.4, 0.5) is 5.82 Å². The lowest BCUT2D eigenvalue weighted by atomic mass is 10.1. The van der Waals surface area contributed by atoms with Gasteiger partial charge in [-0.15, -0.1) is 0 Å². The van der Waals surface area contributed by atoms with E-state index in [0.717, 1.165) is 43.3 Å². The van der Waals surface area contributed by atoms with Crippen molar-refractivity contribution in [2.75, 3.05) is 11.4 Å². The molecule has 1 N–H and O–H groups in total. The maximum absolute atomic E-state index is 11.3. The van der Waals surface area contributed by atoms with Gasteiger partial charge in [0.15, 0.2) is 0 Å². The van der Waals surface area contributed by atoms with Crippen LogP contribution in [-0.4, -0.2) is 32.2 Å². The van der Waals surface area contributed by atoms with E-state index in [0.29, 0.717) is 12.1 Å². The smallest absolute Gasteiger partial charge is 0.335 e. The highest BCUT2D eigenvalue weighted by molar-refractivity contribution is 5.88. The van der Waals surface area contributed by atoms with Crippen molar-refractivity contribution in [3.63, 3.8) is 0 Å². The van der Waals surface area contributed by atoms with Gasteiger partial charge in [-0.2, -0.15) is 0 Å². The van der Waals surface area contributed by atoms with E-state index in [9.17, 15) is 9.90 Å². The summed E-state index contributed by atoms with van der Waals surface area (Å²) in [7, 11) is 0. The summed E-state index contributed by atoms with van der Waals surface area (Å²) in [6.45, 7) is 4.38. The fourth-order valence-electron chi connectivity index (χ4n) is 2.61. The number of rotatable bonds is 4. The zero-order chi connectivity index (χ0) is 14.8. The number of hydrogen-bond acceptors (Lipinski definition) is 4. The summed E-state index contributed by atoms with van der Waals surface area (Å²) in [6, 6.07) is 3.32. The molecule has 21 heavy (non-hydrogen) atoms. The van der Waals surface area contributed by atoms with Crippen LogP contribution in [0.1, 0.15) is 35.2 Å². The van der Waals surface area contributed by atoms with Crippen molar-refractivity contribution in [3.8, 4) is 0 Å². The van der Waals surface area contributed by atoms with Crippen molar-refractivity contribution in [3.05, 3.63) is 41.6 Å². The van der Waals surface area contributed by atoms with E-state index in [1.54, 1.807) is 18.3 Å². The number of carbonyl (C=O) groups is 1. The summed E-state index contributed by atoms with van der Waals surface area (Å²) in [4.78, 5) is 22.3. The number of fused-ring (bicyclic) bond motifs is 1. The number of carboxylic acids is 1. The molecule has 0 radical (unpaired) electrons. The van der Waals surface area contributed by atoms with Crippen molar-refractivity contribution < 1.29 is 9.90 Å². The predicted octanol–water partition coefficient (Wildman–Crippen LogP) is 1.95. The zero-order valence-electron chi connectivity index (χ0n) is 12.0. The first-order valence-electron chi connectivity index (χ1n) is 7.16. The van der Waals surface area contributed by atoms with Gasteiger partial charge in [-0.1, -0.05) is 13.3 Å². The summed E-state index contributed by atoms with van der Waals surface area (Å²) >= 11 is 0. The van der Waals surface area contributed by atoms with Crippen LogP contribution in [0, 0.1) is 0 Å². The molecule has 1 aliphatic rings. The van der Waals surface area contributed by atoms with Gasteiger partial charge in [-0.3, -0.25) is 0 Å². The van der Waals surface area contributed by atoms with Gasteiger partial charge in [0.05, 0.1) is 12.1 Å². The molecule has 6 heteroatoms. The van der Waals surface area contributed by atoms with E-state index >= 15 is 0 Å². The first-order chi connectivity index (χ1) is 10.2. The van der Waals surface area contributed by atoms with Gasteiger partial charge in [0.25, 0.3) is 0 Å². The third-order valence-electron chi connectivity index (χ3n) is 3.69. The maximum Gasteiger partial charge on any atom is 0.335 e. The lowest BCUT2D eigenvalue weighted by Crippen LogP contribution is -2.34. The van der Waals surface area contributed by atoms with E-state index in [1.807, 2.05) is 6.20 Å². The Morgan fingerprint density at radius 1 is 1.38 bits per heavy atom. The zero-order valence-corrected chi connectivity index (χ0v) is 12.0. The van der Waals surface area contributed by atoms with Crippen molar-refractivity contribution in [1.29, 1.82) is 0 Å². The fraction of sp³-hybridized carbons (Fsp3) is 0.400. The molecule has 0 aliphatic carbocycles. The van der Waals surface area contributed by atoms with Crippen LogP contribution in [0.3, 0.4) is 0 Å². The Bertz CT molecular complexity index is 665. The van der Waals surface area contributed by atoms with Gasteiger partial charge >= 0.3 is 5.97 Å². The van der Waals surface area contributed by atoms with Crippen molar-refractivity contribution in [2.24, 2.45) is 0 Å². The average Bonchev–Trinajstić information content (AvgIpc) is 2.94. The first kappa shape index (κ1) is 13.6. The molecule has 0 bridgehead atoms. The summed E-state index contributed by atoms with van der Waals surface area (Å²) in [6.07, 6.45) is 5.50. The predicted molar refractivity (Wildman–Crippen MR) is 78.5 cm³/mol. The molecule has 0 amide bonds. The topological polar surface area (TPSA) is 71.2 Å². The molecule has 0 fully saturated rings. The first-order valence-corrected chi connectivity index (χ1v) is 7.16. The lowest BCUT2D eigenvalue weighted by molar-refractivity contribution is 0.0696. The van der Waals surface area contributed by atoms with Gasteiger partial charge in [0, 0.05) is 31.2 Å². The largest absolute Gasteiger partial charge is 0.478 e. The molecule has 3 rings (SSSR count). The Morgan fingerprint density at radius 3 is 3.00 bits per heavy atom. The molecule has 0 unspecified atom stereocenters. The van der Waals surface area contributed by atoms with Gasteiger partial charge < -0.3 is 14.6 Å². The van der Waals surface area contributed by atoms with E-state index < -0.39 is 5.97 Å². The van der Waals surface area contributed by atoms with Crippen LogP contribution >= 0.6 is 0 Å². The minimum Gasteiger partial charge on any atom is -0.478 e. The normalized spacial score (nSPS) is 14.0. The Morgan fingerprint density at radius 2 is 2.24 bits per heavy atom. The number of hydrogen-bond donors (Lipinski definition) is 1. The monoisotopic (exact) mass is 286 g/mol. The van der Waals surface area contributed by atoms with Crippen LogP contribution in [0.25, 0.3) is 0 Å². The van der Waals surface area contributed by atoms with E-state index in [-0.39, 0.29) is 0 Å².